The third kappa shape index (κ3) is 5.22. The Morgan fingerprint density at radius 2 is 1.90 bits per heavy atom. The van der Waals surface area contributed by atoms with Crippen LogP contribution in [0.2, 0.25) is 0 Å². The van der Waals surface area contributed by atoms with E-state index in [-0.39, 0.29) is 18.0 Å². The molecule has 1 aromatic heterocycles. The summed E-state index contributed by atoms with van der Waals surface area (Å²) in [7, 11) is 1.73. The predicted octanol–water partition coefficient (Wildman–Crippen LogP) is 3.09. The molecule has 0 radical (unpaired) electrons. The molecule has 0 saturated carbocycles. The number of aryl methyl sites for hydroxylation is 1. The molecule has 0 atom stereocenters. The highest BCUT2D eigenvalue weighted by atomic mass is 16.6. The Bertz CT molecular complexity index is 851. The second-order valence-corrected chi connectivity index (χ2v) is 7.02. The summed E-state index contributed by atoms with van der Waals surface area (Å²) in [6.07, 6.45) is 1.27. The number of para-hydroxylation sites is 1. The van der Waals surface area contributed by atoms with Gasteiger partial charge in [0.05, 0.1) is 6.61 Å². The van der Waals surface area contributed by atoms with Crippen LogP contribution in [0.3, 0.4) is 0 Å². The van der Waals surface area contributed by atoms with Gasteiger partial charge in [-0.15, -0.1) is 0 Å². The summed E-state index contributed by atoms with van der Waals surface area (Å²) >= 11 is 0. The van der Waals surface area contributed by atoms with Gasteiger partial charge in [0, 0.05) is 37.6 Å². The molecule has 0 aliphatic carbocycles. The lowest BCUT2D eigenvalue weighted by Gasteiger charge is -2.31. The molecule has 8 nitrogen and oxygen atoms in total. The van der Waals surface area contributed by atoms with Gasteiger partial charge in [0.15, 0.2) is 0 Å². The molecule has 1 aliphatic heterocycles. The molecule has 2 heterocycles. The number of nitrogens with one attached hydrogen (secondary N) is 1. The molecule has 0 spiro atoms. The summed E-state index contributed by atoms with van der Waals surface area (Å²) in [4.78, 5) is 36.8. The summed E-state index contributed by atoms with van der Waals surface area (Å²) in [5, 5.41) is 3.32. The molecule has 1 aliphatic rings. The monoisotopic (exact) mass is 397 g/mol. The second kappa shape index (κ2) is 9.36. The number of nitrogens with zero attached hydrogens (tertiary/aromatic N) is 4. The third-order valence-corrected chi connectivity index (χ3v) is 4.88. The highest BCUT2D eigenvalue weighted by Gasteiger charge is 2.24. The number of hydrogen-bond donors (Lipinski definition) is 1. The van der Waals surface area contributed by atoms with Crippen molar-refractivity contribution in [2.45, 2.75) is 32.7 Å². The molecule has 1 fully saturated rings. The standard InChI is InChI=1S/C21H27N5O3/c1-4-29-21(28)26-12-10-16(11-13-26)23-20-22-15(2)14-18(24-20)19(27)25(3)17-8-6-5-7-9-17/h5-9,14,16H,4,10-13H2,1-3H3,(H,22,23,24). The van der Waals surface area contributed by atoms with Crippen molar-refractivity contribution in [2.75, 3.05) is 37.0 Å². The van der Waals surface area contributed by atoms with Gasteiger partial charge in [0.1, 0.15) is 5.69 Å². The Kier molecular flexibility index (Phi) is 6.64. The van der Waals surface area contributed by atoms with Crippen LogP contribution in [0, 0.1) is 6.92 Å². The fraction of sp³-hybridized carbons (Fsp3) is 0.429. The molecule has 29 heavy (non-hydrogen) atoms. The quantitative estimate of drug-likeness (QED) is 0.834. The van der Waals surface area contributed by atoms with E-state index in [2.05, 4.69) is 15.3 Å². The van der Waals surface area contributed by atoms with E-state index in [1.807, 2.05) is 37.3 Å². The molecule has 2 amide bonds. The van der Waals surface area contributed by atoms with Crippen molar-refractivity contribution in [2.24, 2.45) is 0 Å². The van der Waals surface area contributed by atoms with Gasteiger partial charge < -0.3 is 19.9 Å². The van der Waals surface area contributed by atoms with Gasteiger partial charge in [-0.3, -0.25) is 4.79 Å². The van der Waals surface area contributed by atoms with E-state index in [0.29, 0.717) is 31.3 Å². The Labute approximate surface area is 170 Å². The summed E-state index contributed by atoms with van der Waals surface area (Å²) in [5.74, 6) is 0.242. The van der Waals surface area contributed by atoms with Crippen LogP contribution in [0.5, 0.6) is 0 Å². The fourth-order valence-corrected chi connectivity index (χ4v) is 3.29. The van der Waals surface area contributed by atoms with Crippen molar-refractivity contribution in [3.05, 3.63) is 47.8 Å². The Morgan fingerprint density at radius 3 is 2.55 bits per heavy atom. The predicted molar refractivity (Wildman–Crippen MR) is 111 cm³/mol. The number of ether oxygens (including phenoxy) is 1. The van der Waals surface area contributed by atoms with Crippen LogP contribution < -0.4 is 10.2 Å². The average Bonchev–Trinajstić information content (AvgIpc) is 2.73. The largest absolute Gasteiger partial charge is 0.450 e. The minimum absolute atomic E-state index is 0.136. The molecule has 0 unspecified atom stereocenters. The van der Waals surface area contributed by atoms with Crippen molar-refractivity contribution in [3.63, 3.8) is 0 Å². The van der Waals surface area contributed by atoms with E-state index >= 15 is 0 Å². The number of anilines is 2. The minimum atomic E-state index is -0.269. The zero-order valence-electron chi connectivity index (χ0n) is 17.1. The normalized spacial score (nSPS) is 14.4. The number of aromatic nitrogens is 2. The summed E-state index contributed by atoms with van der Waals surface area (Å²) in [6.45, 7) is 5.25. The number of piperidine rings is 1. The zero-order chi connectivity index (χ0) is 20.8. The van der Waals surface area contributed by atoms with E-state index in [9.17, 15) is 9.59 Å². The van der Waals surface area contributed by atoms with Crippen molar-refractivity contribution >= 4 is 23.6 Å². The average molecular weight is 397 g/mol. The number of carbonyl (C=O) groups excluding carboxylic acids is 2. The van der Waals surface area contributed by atoms with E-state index in [1.54, 1.807) is 29.8 Å². The molecule has 1 N–H and O–H groups in total. The molecular weight excluding hydrogens is 370 g/mol. The Morgan fingerprint density at radius 1 is 1.21 bits per heavy atom. The second-order valence-electron chi connectivity index (χ2n) is 7.02. The van der Waals surface area contributed by atoms with Crippen LogP contribution in [-0.4, -0.2) is 59.7 Å². The van der Waals surface area contributed by atoms with Gasteiger partial charge in [-0.05, 0) is 44.9 Å². The van der Waals surface area contributed by atoms with Crippen LogP contribution in [0.4, 0.5) is 16.4 Å². The fourth-order valence-electron chi connectivity index (χ4n) is 3.29. The van der Waals surface area contributed by atoms with Crippen LogP contribution in [0.15, 0.2) is 36.4 Å². The number of carbonyl (C=O) groups is 2. The number of amides is 2. The molecular formula is C21H27N5O3. The van der Waals surface area contributed by atoms with Crippen molar-refractivity contribution in [1.82, 2.24) is 14.9 Å². The maximum atomic E-state index is 12.9. The molecule has 2 aromatic rings. The Hall–Kier alpha value is -3.16. The first-order valence-corrected chi connectivity index (χ1v) is 9.85. The molecule has 1 saturated heterocycles. The van der Waals surface area contributed by atoms with Crippen molar-refractivity contribution < 1.29 is 14.3 Å². The SMILES string of the molecule is CCOC(=O)N1CCC(Nc2nc(C)cc(C(=O)N(C)c3ccccc3)n2)CC1. The number of rotatable bonds is 5. The molecule has 154 valence electrons. The van der Waals surface area contributed by atoms with Gasteiger partial charge >= 0.3 is 6.09 Å². The Balaban J connectivity index is 1.65. The molecule has 1 aromatic carbocycles. The highest BCUT2D eigenvalue weighted by Crippen LogP contribution is 2.18. The smallest absolute Gasteiger partial charge is 0.409 e. The van der Waals surface area contributed by atoms with E-state index in [1.165, 1.54) is 0 Å². The number of hydrogen-bond acceptors (Lipinski definition) is 6. The van der Waals surface area contributed by atoms with Gasteiger partial charge in [-0.1, -0.05) is 18.2 Å². The van der Waals surface area contributed by atoms with E-state index in [0.717, 1.165) is 24.2 Å². The van der Waals surface area contributed by atoms with Crippen molar-refractivity contribution in [1.29, 1.82) is 0 Å². The van der Waals surface area contributed by atoms with E-state index < -0.39 is 0 Å². The van der Waals surface area contributed by atoms with Gasteiger partial charge in [-0.25, -0.2) is 14.8 Å². The zero-order valence-corrected chi connectivity index (χ0v) is 17.1. The first kappa shape index (κ1) is 20.6. The minimum Gasteiger partial charge on any atom is -0.450 e. The van der Waals surface area contributed by atoms with Gasteiger partial charge in [0.25, 0.3) is 5.91 Å². The number of benzene rings is 1. The lowest BCUT2D eigenvalue weighted by molar-refractivity contribution is 0.0975. The maximum Gasteiger partial charge on any atom is 0.409 e. The van der Waals surface area contributed by atoms with Gasteiger partial charge in [0.2, 0.25) is 5.95 Å². The molecule has 3 rings (SSSR count). The summed E-state index contributed by atoms with van der Waals surface area (Å²) in [6, 6.07) is 11.3. The molecule has 8 heteroatoms. The first-order valence-electron chi connectivity index (χ1n) is 9.85. The van der Waals surface area contributed by atoms with Gasteiger partial charge in [-0.2, -0.15) is 0 Å². The number of likely N-dealkylation sites (tertiary alicyclic amines) is 1. The van der Waals surface area contributed by atoms with Crippen LogP contribution in [0.1, 0.15) is 35.9 Å². The lowest BCUT2D eigenvalue weighted by Crippen LogP contribution is -2.42. The lowest BCUT2D eigenvalue weighted by atomic mass is 10.1. The van der Waals surface area contributed by atoms with Crippen LogP contribution in [0.25, 0.3) is 0 Å². The highest BCUT2D eigenvalue weighted by molar-refractivity contribution is 6.04. The van der Waals surface area contributed by atoms with Crippen molar-refractivity contribution in [3.8, 4) is 0 Å². The van der Waals surface area contributed by atoms with E-state index in [4.69, 9.17) is 4.74 Å². The maximum absolute atomic E-state index is 12.9. The third-order valence-electron chi connectivity index (χ3n) is 4.88. The topological polar surface area (TPSA) is 87.7 Å². The molecule has 0 bridgehead atoms. The first-order chi connectivity index (χ1) is 14.0. The van der Waals surface area contributed by atoms with Crippen LogP contribution >= 0.6 is 0 Å². The summed E-state index contributed by atoms with van der Waals surface area (Å²) in [5.41, 5.74) is 1.86. The summed E-state index contributed by atoms with van der Waals surface area (Å²) < 4.78 is 5.05. The van der Waals surface area contributed by atoms with Crippen LogP contribution in [-0.2, 0) is 4.74 Å².